The number of aliphatic hydroxyl groups excluding tert-OH is 2. The number of hydrogen-bond donors (Lipinski definition) is 3. The van der Waals surface area contributed by atoms with Crippen molar-refractivity contribution in [2.24, 2.45) is 0 Å². The van der Waals surface area contributed by atoms with E-state index < -0.39 is 12.1 Å². The maximum absolute atomic E-state index is 12.5. The van der Waals surface area contributed by atoms with Crippen LogP contribution in [0.1, 0.15) is 386 Å². The molecule has 0 aromatic rings. The third-order valence-corrected chi connectivity index (χ3v) is 16.6. The largest absolute Gasteiger partial charge is 0.466 e. The Bertz CT molecular complexity index is 1340. The van der Waals surface area contributed by atoms with Crippen molar-refractivity contribution in [2.75, 3.05) is 13.2 Å². The molecule has 0 aromatic carbocycles. The van der Waals surface area contributed by atoms with Gasteiger partial charge in [-0.3, -0.25) is 9.59 Å². The van der Waals surface area contributed by atoms with E-state index >= 15 is 0 Å². The van der Waals surface area contributed by atoms with Crippen LogP contribution in [-0.2, 0) is 14.3 Å². The fraction of sp³-hybridized carbons (Fsp3) is 0.865. The first-order chi connectivity index (χ1) is 39.5. The molecule has 0 aliphatic heterocycles. The Hall–Kier alpha value is -2.18. The quantitative estimate of drug-likeness (QED) is 0.0320. The molecule has 0 aliphatic rings. The third-order valence-electron chi connectivity index (χ3n) is 16.6. The van der Waals surface area contributed by atoms with E-state index in [9.17, 15) is 19.8 Å². The number of nitrogens with one attached hydrogen (secondary N) is 1. The van der Waals surface area contributed by atoms with Gasteiger partial charge >= 0.3 is 5.97 Å². The van der Waals surface area contributed by atoms with Crippen molar-refractivity contribution in [1.82, 2.24) is 5.32 Å². The lowest BCUT2D eigenvalue weighted by Gasteiger charge is -2.20. The molecule has 0 rings (SSSR count). The number of unbranched alkanes of at least 4 members (excludes halogenated alkanes) is 50. The number of hydrogen-bond acceptors (Lipinski definition) is 5. The molecule has 0 aromatic heterocycles. The van der Waals surface area contributed by atoms with E-state index in [4.69, 9.17) is 4.74 Å². The molecule has 0 radical (unpaired) electrons. The van der Waals surface area contributed by atoms with Gasteiger partial charge in [0.1, 0.15) is 0 Å². The summed E-state index contributed by atoms with van der Waals surface area (Å²) in [6.45, 7) is 4.91. The van der Waals surface area contributed by atoms with E-state index in [1.807, 2.05) is 6.08 Å². The van der Waals surface area contributed by atoms with Gasteiger partial charge < -0.3 is 20.3 Å². The van der Waals surface area contributed by atoms with Crippen LogP contribution >= 0.6 is 0 Å². The first-order valence-corrected chi connectivity index (χ1v) is 35.9. The summed E-state index contributed by atoms with van der Waals surface area (Å²) in [4.78, 5) is 24.6. The van der Waals surface area contributed by atoms with Gasteiger partial charge in [0.25, 0.3) is 0 Å². The molecule has 0 spiro atoms. The number of carbonyl (C=O) groups is 2. The van der Waals surface area contributed by atoms with Crippen LogP contribution in [0, 0.1) is 0 Å². The molecule has 6 heteroatoms. The normalized spacial score (nSPS) is 12.8. The van der Waals surface area contributed by atoms with Crippen molar-refractivity contribution in [2.45, 2.75) is 398 Å². The molecule has 2 unspecified atom stereocenters. The number of ether oxygens (including phenoxy) is 1. The van der Waals surface area contributed by atoms with E-state index in [-0.39, 0.29) is 18.5 Å². The van der Waals surface area contributed by atoms with Gasteiger partial charge in [-0.25, -0.2) is 0 Å². The molecule has 6 nitrogen and oxygen atoms in total. The van der Waals surface area contributed by atoms with Gasteiger partial charge in [0.15, 0.2) is 0 Å². The Morgan fingerprint density at radius 3 is 0.975 bits per heavy atom. The molecule has 0 saturated carbocycles. The molecule has 0 bridgehead atoms. The molecule has 0 saturated heterocycles. The van der Waals surface area contributed by atoms with Crippen LogP contribution in [0.15, 0.2) is 48.6 Å². The van der Waals surface area contributed by atoms with Gasteiger partial charge in [-0.2, -0.15) is 0 Å². The van der Waals surface area contributed by atoms with Gasteiger partial charge in [0, 0.05) is 12.8 Å². The van der Waals surface area contributed by atoms with Crippen LogP contribution in [0.5, 0.6) is 0 Å². The van der Waals surface area contributed by atoms with E-state index in [0.717, 1.165) is 51.4 Å². The monoisotopic (exact) mass is 1120 g/mol. The maximum atomic E-state index is 12.5. The lowest BCUT2D eigenvalue weighted by atomic mass is 10.0. The molecule has 80 heavy (non-hydrogen) atoms. The Morgan fingerprint density at radius 1 is 0.350 bits per heavy atom. The topological polar surface area (TPSA) is 95.9 Å². The van der Waals surface area contributed by atoms with Crippen LogP contribution in [-0.4, -0.2) is 47.4 Å². The number of carbonyl (C=O) groups excluding carboxylic acids is 2. The second kappa shape index (κ2) is 69.3. The lowest BCUT2D eigenvalue weighted by molar-refractivity contribution is -0.143. The summed E-state index contributed by atoms with van der Waals surface area (Å²) in [6.07, 6.45) is 90.5. The third kappa shape index (κ3) is 65.0. The number of allylic oxidation sites excluding steroid dienone is 7. The second-order valence-corrected chi connectivity index (χ2v) is 24.6. The van der Waals surface area contributed by atoms with Gasteiger partial charge in [-0.15, -0.1) is 0 Å². The predicted molar refractivity (Wildman–Crippen MR) is 352 cm³/mol. The van der Waals surface area contributed by atoms with Gasteiger partial charge in [0.05, 0.1) is 25.4 Å². The van der Waals surface area contributed by atoms with Crippen LogP contribution in [0.2, 0.25) is 0 Å². The van der Waals surface area contributed by atoms with Crippen molar-refractivity contribution in [3.63, 3.8) is 0 Å². The summed E-state index contributed by atoms with van der Waals surface area (Å²) in [6, 6.07) is -0.630. The van der Waals surface area contributed by atoms with E-state index in [1.165, 1.54) is 308 Å². The zero-order valence-corrected chi connectivity index (χ0v) is 53.8. The van der Waals surface area contributed by atoms with Gasteiger partial charge in [0.2, 0.25) is 5.91 Å². The highest BCUT2D eigenvalue weighted by Crippen LogP contribution is 2.18. The minimum Gasteiger partial charge on any atom is -0.466 e. The Labute approximate surface area is 499 Å². The van der Waals surface area contributed by atoms with Crippen LogP contribution < -0.4 is 5.32 Å². The summed E-state index contributed by atoms with van der Waals surface area (Å²) in [7, 11) is 0. The van der Waals surface area contributed by atoms with Crippen LogP contribution in [0.25, 0.3) is 0 Å². The smallest absolute Gasteiger partial charge is 0.305 e. The highest BCUT2D eigenvalue weighted by Gasteiger charge is 2.18. The number of esters is 1. The molecule has 1 amide bonds. The summed E-state index contributed by atoms with van der Waals surface area (Å²) in [5.41, 5.74) is 0. The first kappa shape index (κ1) is 77.8. The number of amides is 1. The van der Waals surface area contributed by atoms with Crippen molar-refractivity contribution < 1.29 is 24.5 Å². The predicted octanol–water partition coefficient (Wildman–Crippen LogP) is 23.3. The minimum atomic E-state index is -0.847. The molecule has 470 valence electrons. The Kier molecular flexibility index (Phi) is 67.4. The molecular weight excluding hydrogens is 983 g/mol. The first-order valence-electron chi connectivity index (χ1n) is 35.9. The number of rotatable bonds is 67. The lowest BCUT2D eigenvalue weighted by Crippen LogP contribution is -2.45. The standard InChI is InChI=1S/C74H139NO5/c1-3-5-7-9-11-13-15-17-18-19-20-30-33-36-39-43-46-50-54-58-62-66-72(77)71(70-76)75-73(78)67-63-59-55-51-47-44-40-37-34-31-28-26-24-22-21-23-25-27-29-32-35-38-41-45-49-53-57-61-65-69-80-74(79)68-64-60-56-52-48-42-16-14-12-10-8-6-4-2/h14,16,21,23,27,29,62,66,71-72,76-77H,3-13,15,17-20,22,24-26,28,30-61,63-65,67-70H2,1-2H3,(H,75,78)/b16-14-,23-21-,29-27-,66-62+. The Balaban J connectivity index is 3.44. The van der Waals surface area contributed by atoms with E-state index in [1.54, 1.807) is 6.08 Å². The maximum Gasteiger partial charge on any atom is 0.305 e. The molecule has 0 aliphatic carbocycles. The fourth-order valence-corrected chi connectivity index (χ4v) is 11.1. The van der Waals surface area contributed by atoms with Crippen molar-refractivity contribution in [3.05, 3.63) is 48.6 Å². The van der Waals surface area contributed by atoms with Gasteiger partial charge in [-0.05, 0) is 89.9 Å². The summed E-state index contributed by atoms with van der Waals surface area (Å²) < 4.78 is 5.47. The van der Waals surface area contributed by atoms with E-state index in [2.05, 4.69) is 55.6 Å². The minimum absolute atomic E-state index is 0.00253. The molecule has 0 fully saturated rings. The van der Waals surface area contributed by atoms with Crippen LogP contribution in [0.3, 0.4) is 0 Å². The molecule has 0 heterocycles. The van der Waals surface area contributed by atoms with Crippen LogP contribution in [0.4, 0.5) is 0 Å². The van der Waals surface area contributed by atoms with Crippen molar-refractivity contribution >= 4 is 11.9 Å². The second-order valence-electron chi connectivity index (χ2n) is 24.6. The Morgan fingerprint density at radius 2 is 0.625 bits per heavy atom. The zero-order chi connectivity index (χ0) is 57.8. The molecular formula is C74H139NO5. The van der Waals surface area contributed by atoms with E-state index in [0.29, 0.717) is 19.4 Å². The van der Waals surface area contributed by atoms with Crippen molar-refractivity contribution in [3.8, 4) is 0 Å². The number of aliphatic hydroxyl groups is 2. The summed E-state index contributed by atoms with van der Waals surface area (Å²) in [5.74, 6) is -0.0632. The van der Waals surface area contributed by atoms with Gasteiger partial charge in [-0.1, -0.05) is 332 Å². The average Bonchev–Trinajstić information content (AvgIpc) is 3.46. The molecule has 2 atom stereocenters. The SMILES string of the molecule is CCCCCC/C=C\CCCCCCCC(=O)OCCCCCCCCCCC/C=C\C/C=C\CCCCCCCCCCCCCCCC(=O)NC(CO)C(O)/C=C/CCCCCCCCCCCCCCCCCCCCC. The highest BCUT2D eigenvalue weighted by atomic mass is 16.5. The molecule has 3 N–H and O–H groups in total. The summed E-state index contributed by atoms with van der Waals surface area (Å²) >= 11 is 0. The zero-order valence-electron chi connectivity index (χ0n) is 53.8. The summed E-state index contributed by atoms with van der Waals surface area (Å²) in [5, 5.41) is 23.3. The average molecular weight is 1120 g/mol. The highest BCUT2D eigenvalue weighted by molar-refractivity contribution is 5.76. The fourth-order valence-electron chi connectivity index (χ4n) is 11.1. The van der Waals surface area contributed by atoms with Crippen molar-refractivity contribution in [1.29, 1.82) is 0 Å².